The quantitative estimate of drug-likeness (QED) is 0.723. The third kappa shape index (κ3) is 2.95. The van der Waals surface area contributed by atoms with Gasteiger partial charge in [0.1, 0.15) is 17.8 Å². The summed E-state index contributed by atoms with van der Waals surface area (Å²) in [5.74, 6) is 1.09. The molecular weight excluding hydrogens is 360 g/mol. The fourth-order valence-electron chi connectivity index (χ4n) is 4.40. The van der Waals surface area contributed by atoms with Gasteiger partial charge in [-0.2, -0.15) is 0 Å². The molecule has 2 fully saturated rings. The molecule has 0 unspecified atom stereocenters. The Morgan fingerprint density at radius 2 is 2.04 bits per heavy atom. The molecule has 0 aromatic carbocycles. The summed E-state index contributed by atoms with van der Waals surface area (Å²) in [5.41, 5.74) is 5.58. The maximum atomic E-state index is 12.0. The van der Waals surface area contributed by atoms with Gasteiger partial charge in [-0.1, -0.05) is 0 Å². The number of rotatable bonds is 4. The van der Waals surface area contributed by atoms with Gasteiger partial charge in [-0.15, -0.1) is 11.3 Å². The predicted molar refractivity (Wildman–Crippen MR) is 104 cm³/mol. The maximum Gasteiger partial charge on any atom is 0.268 e. The van der Waals surface area contributed by atoms with Crippen molar-refractivity contribution in [3.05, 3.63) is 41.4 Å². The second-order valence-corrected chi connectivity index (χ2v) is 8.97. The van der Waals surface area contributed by atoms with Crippen molar-refractivity contribution in [2.75, 3.05) is 0 Å². The van der Waals surface area contributed by atoms with Crippen LogP contribution in [-0.4, -0.2) is 31.1 Å². The summed E-state index contributed by atoms with van der Waals surface area (Å²) >= 11 is 1.64. The first kappa shape index (κ1) is 16.9. The van der Waals surface area contributed by atoms with Gasteiger partial charge in [-0.05, 0) is 67.9 Å². The SMILES string of the molecule is NC(=O)c1nc(-n2ccnc2)cc2cc(C3CCC(C4(O)CC4)CC3)sc12. The van der Waals surface area contributed by atoms with E-state index in [0.717, 1.165) is 48.6 Å². The molecule has 3 aromatic rings. The van der Waals surface area contributed by atoms with Crippen LogP contribution in [0, 0.1) is 5.92 Å². The molecule has 27 heavy (non-hydrogen) atoms. The number of hydrogen-bond acceptors (Lipinski definition) is 5. The van der Waals surface area contributed by atoms with Crippen molar-refractivity contribution in [2.45, 2.75) is 50.0 Å². The van der Waals surface area contributed by atoms with Crippen LogP contribution in [0.2, 0.25) is 0 Å². The van der Waals surface area contributed by atoms with Crippen LogP contribution in [0.1, 0.15) is 59.8 Å². The lowest BCUT2D eigenvalue weighted by Crippen LogP contribution is -2.26. The fraction of sp³-hybridized carbons (Fsp3) is 0.450. The third-order valence-corrected chi connectivity index (χ3v) is 7.48. The largest absolute Gasteiger partial charge is 0.390 e. The van der Waals surface area contributed by atoms with Gasteiger partial charge in [0.2, 0.25) is 0 Å². The molecule has 3 aromatic heterocycles. The highest BCUT2D eigenvalue weighted by Gasteiger charge is 2.48. The number of imidazole rings is 1. The van der Waals surface area contributed by atoms with Gasteiger partial charge in [0.05, 0.1) is 10.3 Å². The van der Waals surface area contributed by atoms with Crippen LogP contribution in [-0.2, 0) is 0 Å². The number of fused-ring (bicyclic) bond motifs is 1. The number of nitrogens with zero attached hydrogens (tertiary/aromatic N) is 3. The normalized spacial score (nSPS) is 24.2. The van der Waals surface area contributed by atoms with Gasteiger partial charge in [0.15, 0.2) is 0 Å². The number of carbonyl (C=O) groups excluding carboxylic acids is 1. The zero-order valence-electron chi connectivity index (χ0n) is 15.0. The third-order valence-electron chi connectivity index (χ3n) is 6.16. The molecule has 0 radical (unpaired) electrons. The number of aromatic nitrogens is 3. The number of hydrogen-bond donors (Lipinski definition) is 2. The Labute approximate surface area is 161 Å². The Kier molecular flexibility index (Phi) is 3.84. The van der Waals surface area contributed by atoms with Gasteiger partial charge < -0.3 is 10.8 Å². The molecule has 5 rings (SSSR count). The molecule has 2 aliphatic rings. The Balaban J connectivity index is 1.48. The highest BCUT2D eigenvalue weighted by Crippen LogP contribution is 2.51. The molecule has 0 bridgehead atoms. The lowest BCUT2D eigenvalue weighted by atomic mass is 9.78. The molecule has 3 heterocycles. The number of nitrogens with two attached hydrogens (primary N) is 1. The Bertz CT molecular complexity index is 999. The molecule has 2 aliphatic carbocycles. The van der Waals surface area contributed by atoms with Crippen molar-refractivity contribution >= 4 is 27.3 Å². The van der Waals surface area contributed by atoms with Crippen LogP contribution >= 0.6 is 11.3 Å². The molecule has 1 amide bonds. The summed E-state index contributed by atoms with van der Waals surface area (Å²) in [7, 11) is 0. The lowest BCUT2D eigenvalue weighted by Gasteiger charge is -2.31. The second-order valence-electron chi connectivity index (χ2n) is 7.88. The highest BCUT2D eigenvalue weighted by atomic mass is 32.1. The molecule has 2 saturated carbocycles. The topological polar surface area (TPSA) is 94.0 Å². The number of thiophene rings is 1. The van der Waals surface area contributed by atoms with Gasteiger partial charge in [0.25, 0.3) is 5.91 Å². The van der Waals surface area contributed by atoms with E-state index in [1.165, 1.54) is 4.88 Å². The van der Waals surface area contributed by atoms with E-state index in [1.54, 1.807) is 34.6 Å². The van der Waals surface area contributed by atoms with E-state index in [9.17, 15) is 9.90 Å². The van der Waals surface area contributed by atoms with Crippen LogP contribution in [0.3, 0.4) is 0 Å². The fourth-order valence-corrected chi connectivity index (χ4v) is 5.70. The van der Waals surface area contributed by atoms with E-state index in [1.807, 2.05) is 6.07 Å². The van der Waals surface area contributed by atoms with Crippen LogP contribution < -0.4 is 5.73 Å². The van der Waals surface area contributed by atoms with Crippen LogP contribution in [0.25, 0.3) is 15.9 Å². The number of aliphatic hydroxyl groups is 1. The summed E-state index contributed by atoms with van der Waals surface area (Å²) in [6.45, 7) is 0. The van der Waals surface area contributed by atoms with E-state index in [2.05, 4.69) is 16.0 Å². The Morgan fingerprint density at radius 1 is 1.26 bits per heavy atom. The van der Waals surface area contributed by atoms with E-state index in [4.69, 9.17) is 5.73 Å². The van der Waals surface area contributed by atoms with Crippen LogP contribution in [0.5, 0.6) is 0 Å². The maximum absolute atomic E-state index is 12.0. The predicted octanol–water partition coefficient (Wildman–Crippen LogP) is 3.38. The van der Waals surface area contributed by atoms with Crippen molar-refractivity contribution in [3.8, 4) is 5.82 Å². The minimum Gasteiger partial charge on any atom is -0.390 e. The molecule has 140 valence electrons. The Morgan fingerprint density at radius 3 is 2.67 bits per heavy atom. The Hall–Kier alpha value is -2.25. The van der Waals surface area contributed by atoms with Gasteiger partial charge in [-0.25, -0.2) is 9.97 Å². The smallest absolute Gasteiger partial charge is 0.268 e. The van der Waals surface area contributed by atoms with Crippen molar-refractivity contribution in [3.63, 3.8) is 0 Å². The average molecular weight is 382 g/mol. The summed E-state index contributed by atoms with van der Waals surface area (Å²) in [4.78, 5) is 21.8. The van der Waals surface area contributed by atoms with E-state index >= 15 is 0 Å². The van der Waals surface area contributed by atoms with Gasteiger partial charge in [0, 0.05) is 17.3 Å². The monoisotopic (exact) mass is 382 g/mol. The van der Waals surface area contributed by atoms with E-state index in [0.29, 0.717) is 23.3 Å². The number of carbonyl (C=O) groups is 1. The number of amides is 1. The molecule has 6 nitrogen and oxygen atoms in total. The van der Waals surface area contributed by atoms with E-state index in [-0.39, 0.29) is 5.60 Å². The minimum atomic E-state index is -0.505. The van der Waals surface area contributed by atoms with Crippen molar-refractivity contribution < 1.29 is 9.90 Å². The molecule has 0 aliphatic heterocycles. The van der Waals surface area contributed by atoms with Gasteiger partial charge in [-0.3, -0.25) is 9.36 Å². The van der Waals surface area contributed by atoms with Crippen molar-refractivity contribution in [1.29, 1.82) is 0 Å². The van der Waals surface area contributed by atoms with E-state index < -0.39 is 5.91 Å². The first-order chi connectivity index (χ1) is 13.0. The zero-order valence-corrected chi connectivity index (χ0v) is 15.8. The first-order valence-electron chi connectivity index (χ1n) is 9.48. The summed E-state index contributed by atoms with van der Waals surface area (Å²) in [6, 6.07) is 4.17. The lowest BCUT2D eigenvalue weighted by molar-refractivity contribution is 0.0575. The second kappa shape index (κ2) is 6.14. The first-order valence-corrected chi connectivity index (χ1v) is 10.3. The van der Waals surface area contributed by atoms with Gasteiger partial charge >= 0.3 is 0 Å². The number of primary amides is 1. The zero-order chi connectivity index (χ0) is 18.6. The molecule has 0 spiro atoms. The molecule has 0 atom stereocenters. The standard InChI is InChI=1S/C20H22N4O2S/c21-19(25)17-18-13(10-16(23-17)24-8-7-22-11-24)9-15(27-18)12-1-3-14(4-2-12)20(26)5-6-20/h7-12,14,26H,1-6H2,(H2,21,25). The van der Waals surface area contributed by atoms with Crippen molar-refractivity contribution in [2.24, 2.45) is 11.7 Å². The molecular formula is C20H22N4O2S. The summed E-state index contributed by atoms with van der Waals surface area (Å²) in [5, 5.41) is 11.4. The van der Waals surface area contributed by atoms with Crippen LogP contribution in [0.15, 0.2) is 30.9 Å². The molecule has 0 saturated heterocycles. The minimum absolute atomic E-state index is 0.327. The highest BCUT2D eigenvalue weighted by molar-refractivity contribution is 7.19. The molecule has 7 heteroatoms. The summed E-state index contributed by atoms with van der Waals surface area (Å²) < 4.78 is 2.65. The number of pyridine rings is 1. The molecule has 3 N–H and O–H groups in total. The van der Waals surface area contributed by atoms with Crippen LogP contribution in [0.4, 0.5) is 0 Å². The van der Waals surface area contributed by atoms with Crippen molar-refractivity contribution in [1.82, 2.24) is 14.5 Å². The summed E-state index contributed by atoms with van der Waals surface area (Å²) in [6.07, 6.45) is 11.4. The average Bonchev–Trinajstić information content (AvgIpc) is 3.09.